The molecule has 0 saturated heterocycles. The van der Waals surface area contributed by atoms with Gasteiger partial charge >= 0.3 is 5.97 Å². The number of sulfonamides is 1. The van der Waals surface area contributed by atoms with E-state index in [9.17, 15) is 13.2 Å². The predicted molar refractivity (Wildman–Crippen MR) is 108 cm³/mol. The predicted octanol–water partition coefficient (Wildman–Crippen LogP) is 3.05. The third-order valence-electron chi connectivity index (χ3n) is 3.70. The molecule has 28 heavy (non-hydrogen) atoms. The maximum Gasteiger partial charge on any atom is 0.338 e. The van der Waals surface area contributed by atoms with Crippen LogP contribution in [0.2, 0.25) is 0 Å². The first-order chi connectivity index (χ1) is 13.4. The number of benzene rings is 1. The molecule has 148 valence electrons. The number of nitrogens with one attached hydrogen (secondary N) is 1. The van der Waals surface area contributed by atoms with Crippen LogP contribution in [0.5, 0.6) is 0 Å². The van der Waals surface area contributed by atoms with Crippen molar-refractivity contribution in [3.63, 3.8) is 0 Å². The van der Waals surface area contributed by atoms with E-state index in [2.05, 4.69) is 14.8 Å². The third-order valence-corrected chi connectivity index (χ3v) is 6.13. The number of hydrogen-bond donors (Lipinski definition) is 1. The van der Waals surface area contributed by atoms with Crippen molar-refractivity contribution >= 4 is 33.0 Å². The quantitative estimate of drug-likeness (QED) is 0.562. The molecule has 0 amide bonds. The molecule has 2 aromatic heterocycles. The summed E-state index contributed by atoms with van der Waals surface area (Å²) in [5, 5.41) is 6.73. The molecule has 0 bridgehead atoms. The molecule has 8 nitrogen and oxygen atoms in total. The standard InChI is InChI=1S/C18H20N4O4S2/c1-3-7-28(24,25)21-15-6-4-5-13(8-15)18(23)26-11-16-12-27-17(20-16)14-9-19-22(2)10-14/h4-6,8-10,12,21H,3,7,11H2,1-2H3. The summed E-state index contributed by atoms with van der Waals surface area (Å²) in [5.74, 6) is -0.530. The number of hydrogen-bond acceptors (Lipinski definition) is 7. The normalized spacial score (nSPS) is 11.4. The minimum absolute atomic E-state index is 0.0186. The Morgan fingerprint density at radius 2 is 2.18 bits per heavy atom. The van der Waals surface area contributed by atoms with Crippen LogP contribution in [0, 0.1) is 0 Å². The van der Waals surface area contributed by atoms with E-state index in [-0.39, 0.29) is 17.9 Å². The smallest absolute Gasteiger partial charge is 0.338 e. The van der Waals surface area contributed by atoms with E-state index in [0.29, 0.717) is 17.8 Å². The van der Waals surface area contributed by atoms with E-state index in [1.165, 1.54) is 17.4 Å². The summed E-state index contributed by atoms with van der Waals surface area (Å²) in [7, 11) is -1.59. The summed E-state index contributed by atoms with van der Waals surface area (Å²) in [6, 6.07) is 6.22. The molecule has 1 N–H and O–H groups in total. The van der Waals surface area contributed by atoms with Gasteiger partial charge in [0.25, 0.3) is 0 Å². The number of esters is 1. The van der Waals surface area contributed by atoms with Crippen LogP contribution >= 0.6 is 11.3 Å². The molecule has 3 rings (SSSR count). The molecular weight excluding hydrogens is 400 g/mol. The van der Waals surface area contributed by atoms with Crippen molar-refractivity contribution in [1.82, 2.24) is 14.8 Å². The monoisotopic (exact) mass is 420 g/mol. The van der Waals surface area contributed by atoms with Gasteiger partial charge in [-0.2, -0.15) is 5.10 Å². The lowest BCUT2D eigenvalue weighted by atomic mass is 10.2. The molecule has 1 aromatic carbocycles. The average Bonchev–Trinajstić information content (AvgIpc) is 3.28. The van der Waals surface area contributed by atoms with Crippen molar-refractivity contribution < 1.29 is 17.9 Å². The lowest BCUT2D eigenvalue weighted by Crippen LogP contribution is -2.16. The van der Waals surface area contributed by atoms with E-state index in [0.717, 1.165) is 10.6 Å². The molecule has 0 atom stereocenters. The van der Waals surface area contributed by atoms with E-state index >= 15 is 0 Å². The number of aryl methyl sites for hydroxylation is 1. The minimum atomic E-state index is -3.42. The Balaban J connectivity index is 1.62. The Kier molecular flexibility index (Phi) is 6.10. The average molecular weight is 421 g/mol. The van der Waals surface area contributed by atoms with Crippen molar-refractivity contribution in [2.75, 3.05) is 10.5 Å². The van der Waals surface area contributed by atoms with Crippen LogP contribution < -0.4 is 4.72 Å². The van der Waals surface area contributed by atoms with Gasteiger partial charge in [0.05, 0.1) is 23.2 Å². The molecular formula is C18H20N4O4S2. The SMILES string of the molecule is CCCS(=O)(=O)Nc1cccc(C(=O)OCc2csc(-c3cnn(C)c3)n2)c1. The Morgan fingerprint density at radius 1 is 1.36 bits per heavy atom. The summed E-state index contributed by atoms with van der Waals surface area (Å²) in [6.07, 6.45) is 4.09. The van der Waals surface area contributed by atoms with Crippen LogP contribution in [0.25, 0.3) is 10.6 Å². The van der Waals surface area contributed by atoms with Gasteiger partial charge in [0, 0.05) is 29.9 Å². The van der Waals surface area contributed by atoms with Crippen molar-refractivity contribution in [2.24, 2.45) is 7.05 Å². The zero-order valence-corrected chi connectivity index (χ0v) is 17.1. The molecule has 0 aliphatic rings. The van der Waals surface area contributed by atoms with Crippen molar-refractivity contribution in [2.45, 2.75) is 20.0 Å². The molecule has 0 aliphatic heterocycles. The Labute approximate surface area is 167 Å². The molecule has 2 heterocycles. The first-order valence-electron chi connectivity index (χ1n) is 8.57. The highest BCUT2D eigenvalue weighted by molar-refractivity contribution is 7.92. The number of nitrogens with zero attached hydrogens (tertiary/aromatic N) is 3. The van der Waals surface area contributed by atoms with Crippen molar-refractivity contribution in [3.05, 3.63) is 53.3 Å². The minimum Gasteiger partial charge on any atom is -0.456 e. The van der Waals surface area contributed by atoms with Gasteiger partial charge in [-0.15, -0.1) is 11.3 Å². The number of rotatable bonds is 8. The van der Waals surface area contributed by atoms with Crippen molar-refractivity contribution in [1.29, 1.82) is 0 Å². The van der Waals surface area contributed by atoms with E-state index in [1.807, 2.05) is 18.6 Å². The van der Waals surface area contributed by atoms with Gasteiger partial charge in [0.1, 0.15) is 11.6 Å². The van der Waals surface area contributed by atoms with Gasteiger partial charge in [-0.3, -0.25) is 9.40 Å². The number of aromatic nitrogens is 3. The Morgan fingerprint density at radius 3 is 2.89 bits per heavy atom. The highest BCUT2D eigenvalue weighted by Crippen LogP contribution is 2.23. The zero-order chi connectivity index (χ0) is 20.1. The lowest BCUT2D eigenvalue weighted by molar-refractivity contribution is 0.0468. The molecule has 0 spiro atoms. The molecule has 0 fully saturated rings. The molecule has 0 unspecified atom stereocenters. The van der Waals surface area contributed by atoms with Gasteiger partial charge in [-0.05, 0) is 24.6 Å². The summed E-state index contributed by atoms with van der Waals surface area (Å²) < 4.78 is 33.2. The maximum absolute atomic E-state index is 12.3. The largest absolute Gasteiger partial charge is 0.456 e. The molecule has 3 aromatic rings. The molecule has 0 saturated carbocycles. The van der Waals surface area contributed by atoms with Gasteiger partial charge in [0.2, 0.25) is 10.0 Å². The van der Waals surface area contributed by atoms with Crippen molar-refractivity contribution in [3.8, 4) is 10.6 Å². The highest BCUT2D eigenvalue weighted by atomic mass is 32.2. The first-order valence-corrected chi connectivity index (χ1v) is 11.1. The second kappa shape index (κ2) is 8.53. The fourth-order valence-corrected chi connectivity index (χ4v) is 4.37. The van der Waals surface area contributed by atoms with Gasteiger partial charge in [-0.1, -0.05) is 13.0 Å². The van der Waals surface area contributed by atoms with Gasteiger partial charge < -0.3 is 4.74 Å². The van der Waals surface area contributed by atoms with Crippen LogP contribution in [0.15, 0.2) is 42.0 Å². The molecule has 0 radical (unpaired) electrons. The van der Waals surface area contributed by atoms with Crippen LogP contribution in [0.4, 0.5) is 5.69 Å². The number of carbonyl (C=O) groups excluding carboxylic acids is 1. The van der Waals surface area contributed by atoms with E-state index < -0.39 is 16.0 Å². The summed E-state index contributed by atoms with van der Waals surface area (Å²) in [6.45, 7) is 1.81. The van der Waals surface area contributed by atoms with Crippen LogP contribution in [-0.2, 0) is 28.4 Å². The summed E-state index contributed by atoms with van der Waals surface area (Å²) in [5.41, 5.74) is 2.13. The maximum atomic E-state index is 12.3. The highest BCUT2D eigenvalue weighted by Gasteiger charge is 2.13. The van der Waals surface area contributed by atoms with Crippen LogP contribution in [0.1, 0.15) is 29.4 Å². The zero-order valence-electron chi connectivity index (χ0n) is 15.5. The second-order valence-corrected chi connectivity index (χ2v) is 8.82. The van der Waals surface area contributed by atoms with Crippen LogP contribution in [-0.4, -0.2) is 34.9 Å². The van der Waals surface area contributed by atoms with E-state index in [1.54, 1.807) is 36.0 Å². The number of thiazole rings is 1. The Hall–Kier alpha value is -2.72. The number of carbonyl (C=O) groups is 1. The third kappa shape index (κ3) is 5.17. The summed E-state index contributed by atoms with van der Waals surface area (Å²) in [4.78, 5) is 16.7. The van der Waals surface area contributed by atoms with E-state index in [4.69, 9.17) is 4.74 Å². The molecule has 0 aliphatic carbocycles. The first kappa shape index (κ1) is 20.0. The number of anilines is 1. The molecule has 10 heteroatoms. The van der Waals surface area contributed by atoms with Gasteiger partial charge in [0.15, 0.2) is 0 Å². The van der Waals surface area contributed by atoms with Crippen LogP contribution in [0.3, 0.4) is 0 Å². The lowest BCUT2D eigenvalue weighted by Gasteiger charge is -2.08. The van der Waals surface area contributed by atoms with Gasteiger partial charge in [-0.25, -0.2) is 18.2 Å². The summed E-state index contributed by atoms with van der Waals surface area (Å²) >= 11 is 1.44. The number of ether oxygens (including phenoxy) is 1. The fourth-order valence-electron chi connectivity index (χ4n) is 2.47. The second-order valence-electron chi connectivity index (χ2n) is 6.12. The Bertz CT molecular complexity index is 1070. The topological polar surface area (TPSA) is 103 Å². The fraction of sp³-hybridized carbons (Fsp3) is 0.278.